The first-order chi connectivity index (χ1) is 17.5. The van der Waals surface area contributed by atoms with Gasteiger partial charge in [-0.2, -0.15) is 4.98 Å². The number of rotatable bonds is 6. The van der Waals surface area contributed by atoms with Gasteiger partial charge in [-0.1, -0.05) is 66.2 Å². The maximum absolute atomic E-state index is 12.5. The van der Waals surface area contributed by atoms with Crippen LogP contribution in [0.15, 0.2) is 91.0 Å². The largest absolute Gasteiger partial charge is 0.324 e. The Labute approximate surface area is 223 Å². The number of amides is 1. The molecule has 9 nitrogen and oxygen atoms in total. The molecule has 0 fully saturated rings. The van der Waals surface area contributed by atoms with Gasteiger partial charge >= 0.3 is 0 Å². The summed E-state index contributed by atoms with van der Waals surface area (Å²) in [4.78, 5) is 27.5. The van der Waals surface area contributed by atoms with Crippen molar-refractivity contribution in [2.45, 2.75) is 6.04 Å². The Balaban J connectivity index is 0.00000320. The molecule has 5 rings (SSSR count). The van der Waals surface area contributed by atoms with Gasteiger partial charge in [0.25, 0.3) is 17.5 Å². The molecule has 11 heteroatoms. The van der Waals surface area contributed by atoms with E-state index in [4.69, 9.17) is 11.6 Å². The molecule has 0 aliphatic carbocycles. The van der Waals surface area contributed by atoms with Crippen LogP contribution >= 0.6 is 24.0 Å². The number of benzene rings is 3. The minimum Gasteiger partial charge on any atom is -0.324 e. The number of anilines is 2. The molecule has 0 radical (unpaired) electrons. The lowest BCUT2D eigenvalue weighted by molar-refractivity contribution is -0.384. The maximum Gasteiger partial charge on any atom is 0.270 e. The van der Waals surface area contributed by atoms with Crippen LogP contribution in [0.3, 0.4) is 0 Å². The van der Waals surface area contributed by atoms with Crippen molar-refractivity contribution in [2.24, 2.45) is 0 Å². The van der Waals surface area contributed by atoms with Gasteiger partial charge in [-0.15, -0.1) is 17.5 Å². The van der Waals surface area contributed by atoms with E-state index in [1.165, 1.54) is 24.3 Å². The van der Waals surface area contributed by atoms with Crippen LogP contribution in [0, 0.1) is 10.1 Å². The lowest BCUT2D eigenvalue weighted by atomic mass is 10.0. The molecule has 1 aromatic heterocycles. The van der Waals surface area contributed by atoms with E-state index in [1.54, 1.807) is 16.8 Å². The van der Waals surface area contributed by atoms with Crippen LogP contribution < -0.4 is 10.6 Å². The van der Waals surface area contributed by atoms with Gasteiger partial charge in [-0.25, -0.2) is 4.68 Å². The zero-order valence-corrected chi connectivity index (χ0v) is 20.7. The molecule has 0 spiro atoms. The summed E-state index contributed by atoms with van der Waals surface area (Å²) in [5.41, 5.74) is 3.26. The average molecular weight is 535 g/mol. The normalized spacial score (nSPS) is 14.2. The van der Waals surface area contributed by atoms with E-state index in [-0.39, 0.29) is 30.1 Å². The van der Waals surface area contributed by atoms with Gasteiger partial charge in [0.2, 0.25) is 5.95 Å². The predicted octanol–water partition coefficient (Wildman–Crippen LogP) is 5.97. The van der Waals surface area contributed by atoms with Crippen LogP contribution in [-0.4, -0.2) is 25.6 Å². The van der Waals surface area contributed by atoms with Gasteiger partial charge < -0.3 is 5.32 Å². The van der Waals surface area contributed by atoms with Crippen LogP contribution in [0.5, 0.6) is 0 Å². The molecule has 1 amide bonds. The Morgan fingerprint density at radius 3 is 2.57 bits per heavy atom. The van der Waals surface area contributed by atoms with Crippen molar-refractivity contribution in [3.8, 4) is 0 Å². The molecular weight excluding hydrogens is 515 g/mol. The number of carbonyl (C=O) groups is 1. The van der Waals surface area contributed by atoms with Gasteiger partial charge in [0.15, 0.2) is 0 Å². The second kappa shape index (κ2) is 11.1. The number of hydrogen-bond acceptors (Lipinski definition) is 6. The summed E-state index contributed by atoms with van der Waals surface area (Å²) in [6.07, 6.45) is 4.80. The summed E-state index contributed by atoms with van der Waals surface area (Å²) in [6, 6.07) is 23.0. The Kier molecular flexibility index (Phi) is 7.66. The van der Waals surface area contributed by atoms with E-state index < -0.39 is 10.8 Å². The predicted molar refractivity (Wildman–Crippen MR) is 146 cm³/mol. The number of aromatic nitrogens is 3. The topological polar surface area (TPSA) is 115 Å². The summed E-state index contributed by atoms with van der Waals surface area (Å²) < 4.78 is 1.69. The van der Waals surface area contributed by atoms with Crippen LogP contribution in [0.1, 0.15) is 22.7 Å². The van der Waals surface area contributed by atoms with Crippen LogP contribution in [0.4, 0.5) is 17.6 Å². The first-order valence-electron chi connectivity index (χ1n) is 11.0. The highest BCUT2D eigenvalue weighted by Crippen LogP contribution is 2.33. The van der Waals surface area contributed by atoms with Gasteiger partial charge in [-0.3, -0.25) is 20.2 Å². The van der Waals surface area contributed by atoms with Crippen molar-refractivity contribution in [3.63, 3.8) is 0 Å². The first kappa shape index (κ1) is 25.6. The quantitative estimate of drug-likeness (QED) is 0.179. The molecule has 1 aliphatic rings. The molecule has 4 aromatic rings. The van der Waals surface area contributed by atoms with Crippen LogP contribution in [0.25, 0.3) is 11.8 Å². The number of allylic oxidation sites excluding steroid dienone is 1. The fourth-order valence-electron chi connectivity index (χ4n) is 3.80. The summed E-state index contributed by atoms with van der Waals surface area (Å²) in [5.74, 6) is 0.117. The van der Waals surface area contributed by atoms with Crippen molar-refractivity contribution in [3.05, 3.63) is 123 Å². The number of nitrogens with one attached hydrogen (secondary N) is 2. The molecule has 1 unspecified atom stereocenters. The maximum atomic E-state index is 12.5. The number of nitrogens with zero attached hydrogens (tertiary/aromatic N) is 4. The monoisotopic (exact) mass is 534 g/mol. The number of halogens is 2. The first-order valence-corrected chi connectivity index (χ1v) is 11.3. The number of non-ortho nitro benzene ring substituents is 1. The van der Waals surface area contributed by atoms with Gasteiger partial charge in [0, 0.05) is 28.9 Å². The summed E-state index contributed by atoms with van der Waals surface area (Å²) in [5, 5.41) is 22.0. The Morgan fingerprint density at radius 2 is 1.84 bits per heavy atom. The highest BCUT2D eigenvalue weighted by molar-refractivity contribution is 6.30. The summed E-state index contributed by atoms with van der Waals surface area (Å²) >= 11 is 6.09. The minimum atomic E-state index is -0.487. The molecule has 2 heterocycles. The SMILES string of the molecule is Cl.O=C(C=Cc1cccc([N+](=O)[O-])c1)Nc1nc2n(n1)C(c1ccc(Cl)cc1)C=C(c1ccccc1)N2. The van der Waals surface area contributed by atoms with Crippen molar-refractivity contribution in [1.29, 1.82) is 0 Å². The van der Waals surface area contributed by atoms with Gasteiger partial charge in [0.1, 0.15) is 6.04 Å². The number of fused-ring (bicyclic) bond motifs is 1. The Hall–Kier alpha value is -4.47. The summed E-state index contributed by atoms with van der Waals surface area (Å²) in [6.45, 7) is 0. The van der Waals surface area contributed by atoms with E-state index >= 15 is 0 Å². The fourth-order valence-corrected chi connectivity index (χ4v) is 3.92. The molecule has 0 bridgehead atoms. The molecule has 186 valence electrons. The number of carbonyl (C=O) groups excluding carboxylic acids is 1. The van der Waals surface area contributed by atoms with Crippen molar-refractivity contribution >= 4 is 59.3 Å². The average Bonchev–Trinajstić information content (AvgIpc) is 3.30. The molecule has 0 saturated carbocycles. The third-order valence-electron chi connectivity index (χ3n) is 5.51. The number of nitro groups is 1. The van der Waals surface area contributed by atoms with E-state index in [9.17, 15) is 14.9 Å². The van der Waals surface area contributed by atoms with Crippen molar-refractivity contribution < 1.29 is 9.72 Å². The Bertz CT molecular complexity index is 1500. The van der Waals surface area contributed by atoms with E-state index in [1.807, 2.05) is 60.7 Å². The van der Waals surface area contributed by atoms with E-state index in [0.717, 1.165) is 16.8 Å². The van der Waals surface area contributed by atoms with E-state index in [0.29, 0.717) is 16.5 Å². The molecule has 37 heavy (non-hydrogen) atoms. The van der Waals surface area contributed by atoms with Crippen LogP contribution in [0.2, 0.25) is 5.02 Å². The number of hydrogen-bond donors (Lipinski definition) is 2. The molecule has 3 aromatic carbocycles. The van der Waals surface area contributed by atoms with Crippen molar-refractivity contribution in [2.75, 3.05) is 10.6 Å². The lowest BCUT2D eigenvalue weighted by Gasteiger charge is -2.24. The lowest BCUT2D eigenvalue weighted by Crippen LogP contribution is -2.20. The molecule has 1 atom stereocenters. The second-order valence-electron chi connectivity index (χ2n) is 7.95. The minimum absolute atomic E-state index is 0. The van der Waals surface area contributed by atoms with Crippen LogP contribution in [-0.2, 0) is 4.79 Å². The van der Waals surface area contributed by atoms with Gasteiger partial charge in [-0.05, 0) is 41.0 Å². The zero-order chi connectivity index (χ0) is 25.1. The van der Waals surface area contributed by atoms with Crippen molar-refractivity contribution in [1.82, 2.24) is 14.8 Å². The highest BCUT2D eigenvalue weighted by Gasteiger charge is 2.25. The smallest absolute Gasteiger partial charge is 0.270 e. The molecule has 0 saturated heterocycles. The number of nitro benzene ring substituents is 1. The summed E-state index contributed by atoms with van der Waals surface area (Å²) in [7, 11) is 0. The van der Waals surface area contributed by atoms with E-state index in [2.05, 4.69) is 20.7 Å². The molecular formula is C26H20Cl2N6O3. The standard InChI is InChI=1S/C26H19ClN6O3.ClH/c27-20-12-10-19(11-13-20)23-16-22(18-6-2-1-3-7-18)28-26-30-25(31-32(23)26)29-24(34)14-9-17-5-4-8-21(15-17)33(35)36;/h1-16,23H,(H2,28,29,30,31,34);1H. The molecule has 2 N–H and O–H groups in total. The highest BCUT2D eigenvalue weighted by atomic mass is 35.5. The zero-order valence-electron chi connectivity index (χ0n) is 19.1. The van der Waals surface area contributed by atoms with Gasteiger partial charge in [0.05, 0.1) is 4.92 Å². The second-order valence-corrected chi connectivity index (χ2v) is 8.38. The third-order valence-corrected chi connectivity index (χ3v) is 5.76. The fraction of sp³-hybridized carbons (Fsp3) is 0.0385. The Morgan fingerprint density at radius 1 is 1.08 bits per heavy atom. The molecule has 1 aliphatic heterocycles. The third kappa shape index (κ3) is 5.85.